The molecule has 1 aromatic heterocycles. The van der Waals surface area contributed by atoms with Gasteiger partial charge in [0, 0.05) is 17.5 Å². The van der Waals surface area contributed by atoms with Gasteiger partial charge in [0.1, 0.15) is 12.1 Å². The number of nitro benzene ring substituents is 1. The number of halogens is 1. The van der Waals surface area contributed by atoms with Crippen LogP contribution in [-0.4, -0.2) is 22.0 Å². The molecule has 0 unspecified atom stereocenters. The number of benzene rings is 3. The summed E-state index contributed by atoms with van der Waals surface area (Å²) in [6, 6.07) is 12.4. The first-order valence-corrected chi connectivity index (χ1v) is 7.90. The van der Waals surface area contributed by atoms with Crippen molar-refractivity contribution in [3.63, 3.8) is 0 Å². The van der Waals surface area contributed by atoms with E-state index in [4.69, 9.17) is 9.47 Å². The van der Waals surface area contributed by atoms with E-state index in [1.807, 2.05) is 0 Å². The summed E-state index contributed by atoms with van der Waals surface area (Å²) >= 11 is 0. The average molecular weight is 365 g/mol. The van der Waals surface area contributed by atoms with Crippen LogP contribution in [0, 0.1) is 15.9 Å². The van der Waals surface area contributed by atoms with Gasteiger partial charge in [0.25, 0.3) is 5.69 Å². The van der Waals surface area contributed by atoms with E-state index in [1.54, 1.807) is 24.3 Å². The van der Waals surface area contributed by atoms with Crippen LogP contribution in [0.3, 0.4) is 0 Å². The van der Waals surface area contributed by atoms with Gasteiger partial charge in [0.05, 0.1) is 28.3 Å². The normalized spacial score (nSPS) is 10.9. The molecular weight excluding hydrogens is 353 g/mol. The second-order valence-corrected chi connectivity index (χ2v) is 5.67. The van der Waals surface area contributed by atoms with E-state index in [9.17, 15) is 14.5 Å². The zero-order chi connectivity index (χ0) is 19.0. The molecule has 0 fully saturated rings. The van der Waals surface area contributed by atoms with Gasteiger partial charge in [-0.1, -0.05) is 18.2 Å². The number of fused-ring (bicyclic) bond motifs is 2. The Kier molecular flexibility index (Phi) is 4.00. The van der Waals surface area contributed by atoms with E-state index in [2.05, 4.69) is 9.97 Å². The third-order valence-corrected chi connectivity index (χ3v) is 4.14. The Bertz CT molecular complexity index is 1200. The third kappa shape index (κ3) is 2.86. The second-order valence-electron chi connectivity index (χ2n) is 5.67. The second kappa shape index (κ2) is 6.49. The lowest BCUT2D eigenvalue weighted by Crippen LogP contribution is -1.96. The quantitative estimate of drug-likeness (QED) is 0.387. The van der Waals surface area contributed by atoms with Crippen molar-refractivity contribution in [3.8, 4) is 17.4 Å². The summed E-state index contributed by atoms with van der Waals surface area (Å²) in [6.07, 6.45) is 1.26. The first-order chi connectivity index (χ1) is 13.1. The van der Waals surface area contributed by atoms with Gasteiger partial charge in [0.2, 0.25) is 5.88 Å². The maximum absolute atomic E-state index is 13.9. The highest BCUT2D eigenvalue weighted by Crippen LogP contribution is 2.37. The lowest BCUT2D eigenvalue weighted by molar-refractivity contribution is -0.383. The summed E-state index contributed by atoms with van der Waals surface area (Å²) < 4.78 is 24.9. The fraction of sp³-hybridized carbons (Fsp3) is 0.0526. The molecule has 4 rings (SSSR count). The molecule has 8 heteroatoms. The number of methoxy groups -OCH3 is 1. The standard InChI is InChI=1S/C19H12FN3O4/c1-26-18-8-13-15(9-14(18)20)21-10-22-19(13)27-17-7-6-16(23(24)25)11-4-2-3-5-12(11)17/h2-10H,1H3. The van der Waals surface area contributed by atoms with Crippen LogP contribution in [0.25, 0.3) is 21.7 Å². The van der Waals surface area contributed by atoms with Crippen LogP contribution in [0.15, 0.2) is 54.9 Å². The average Bonchev–Trinajstić information content (AvgIpc) is 2.67. The van der Waals surface area contributed by atoms with Crippen LogP contribution in [0.1, 0.15) is 0 Å². The zero-order valence-corrected chi connectivity index (χ0v) is 14.0. The van der Waals surface area contributed by atoms with Gasteiger partial charge < -0.3 is 9.47 Å². The molecule has 27 heavy (non-hydrogen) atoms. The Morgan fingerprint density at radius 3 is 2.52 bits per heavy atom. The number of ether oxygens (including phenoxy) is 2. The summed E-state index contributed by atoms with van der Waals surface area (Å²) in [7, 11) is 1.36. The summed E-state index contributed by atoms with van der Waals surface area (Å²) in [5.74, 6) is 0.0722. The molecule has 0 aliphatic carbocycles. The van der Waals surface area contributed by atoms with Crippen molar-refractivity contribution in [1.82, 2.24) is 9.97 Å². The molecule has 0 saturated heterocycles. The first kappa shape index (κ1) is 16.6. The van der Waals surface area contributed by atoms with Crippen molar-refractivity contribution in [1.29, 1.82) is 0 Å². The molecule has 1 heterocycles. The van der Waals surface area contributed by atoms with Crippen molar-refractivity contribution in [2.45, 2.75) is 0 Å². The molecule has 7 nitrogen and oxygen atoms in total. The minimum atomic E-state index is -0.546. The molecule has 0 spiro atoms. The number of nitro groups is 1. The van der Waals surface area contributed by atoms with E-state index in [0.29, 0.717) is 27.4 Å². The highest BCUT2D eigenvalue weighted by atomic mass is 19.1. The summed E-state index contributed by atoms with van der Waals surface area (Å²) in [5.41, 5.74) is 0.332. The van der Waals surface area contributed by atoms with E-state index in [0.717, 1.165) is 0 Å². The maximum Gasteiger partial charge on any atom is 0.277 e. The minimum Gasteiger partial charge on any atom is -0.494 e. The Hall–Kier alpha value is -3.81. The van der Waals surface area contributed by atoms with E-state index in [-0.39, 0.29) is 17.3 Å². The molecule has 0 aliphatic rings. The van der Waals surface area contributed by atoms with Crippen LogP contribution >= 0.6 is 0 Å². The number of rotatable bonds is 4. The van der Waals surface area contributed by atoms with Crippen molar-refractivity contribution in [3.05, 3.63) is 70.8 Å². The number of hydrogen-bond donors (Lipinski definition) is 0. The molecule has 0 atom stereocenters. The fourth-order valence-electron chi connectivity index (χ4n) is 2.88. The van der Waals surface area contributed by atoms with Crippen LogP contribution in [0.4, 0.5) is 10.1 Å². The lowest BCUT2D eigenvalue weighted by Gasteiger charge is -2.11. The topological polar surface area (TPSA) is 87.4 Å². The molecule has 0 radical (unpaired) electrons. The van der Waals surface area contributed by atoms with Gasteiger partial charge in [-0.2, -0.15) is 0 Å². The Morgan fingerprint density at radius 2 is 1.78 bits per heavy atom. The van der Waals surface area contributed by atoms with Crippen molar-refractivity contribution in [2.24, 2.45) is 0 Å². The van der Waals surface area contributed by atoms with Crippen molar-refractivity contribution in [2.75, 3.05) is 7.11 Å². The van der Waals surface area contributed by atoms with Gasteiger partial charge in [0.15, 0.2) is 11.6 Å². The predicted octanol–water partition coefficient (Wildman–Crippen LogP) is 4.63. The minimum absolute atomic E-state index is 0.0192. The summed E-state index contributed by atoms with van der Waals surface area (Å²) in [5, 5.41) is 12.7. The fourth-order valence-corrected chi connectivity index (χ4v) is 2.88. The highest BCUT2D eigenvalue weighted by Gasteiger charge is 2.17. The molecule has 4 aromatic rings. The van der Waals surface area contributed by atoms with Crippen LogP contribution in [-0.2, 0) is 0 Å². The summed E-state index contributed by atoms with van der Waals surface area (Å²) in [4.78, 5) is 19.0. The third-order valence-electron chi connectivity index (χ3n) is 4.14. The SMILES string of the molecule is COc1cc2c(Oc3ccc([N+](=O)[O-])c4ccccc34)ncnc2cc1F. The Morgan fingerprint density at radius 1 is 1.00 bits per heavy atom. The molecule has 0 bridgehead atoms. The molecule has 3 aromatic carbocycles. The lowest BCUT2D eigenvalue weighted by atomic mass is 10.1. The van der Waals surface area contributed by atoms with Crippen LogP contribution in [0.5, 0.6) is 17.4 Å². The largest absolute Gasteiger partial charge is 0.494 e. The van der Waals surface area contributed by atoms with Gasteiger partial charge >= 0.3 is 0 Å². The smallest absolute Gasteiger partial charge is 0.277 e. The van der Waals surface area contributed by atoms with E-state index < -0.39 is 10.7 Å². The van der Waals surface area contributed by atoms with Crippen LogP contribution < -0.4 is 9.47 Å². The maximum atomic E-state index is 13.9. The van der Waals surface area contributed by atoms with Crippen LogP contribution in [0.2, 0.25) is 0 Å². The Balaban J connectivity index is 1.88. The molecule has 0 aliphatic heterocycles. The van der Waals surface area contributed by atoms with Gasteiger partial charge in [-0.25, -0.2) is 14.4 Å². The monoisotopic (exact) mass is 365 g/mol. The number of non-ortho nitro benzene ring substituents is 1. The van der Waals surface area contributed by atoms with Crippen molar-refractivity contribution >= 4 is 27.4 Å². The number of nitrogens with zero attached hydrogens (tertiary/aromatic N) is 3. The van der Waals surface area contributed by atoms with Gasteiger partial charge in [-0.3, -0.25) is 10.1 Å². The zero-order valence-electron chi connectivity index (χ0n) is 14.0. The van der Waals surface area contributed by atoms with Crippen molar-refractivity contribution < 1.29 is 18.8 Å². The van der Waals surface area contributed by atoms with Gasteiger partial charge in [-0.15, -0.1) is 0 Å². The predicted molar refractivity (Wildman–Crippen MR) is 96.7 cm³/mol. The van der Waals surface area contributed by atoms with E-state index >= 15 is 0 Å². The summed E-state index contributed by atoms with van der Waals surface area (Å²) in [6.45, 7) is 0. The van der Waals surface area contributed by atoms with E-state index in [1.165, 1.54) is 37.7 Å². The molecule has 0 saturated carbocycles. The van der Waals surface area contributed by atoms with Gasteiger partial charge in [-0.05, 0) is 18.2 Å². The Labute approximate surface area is 152 Å². The molecular formula is C19H12FN3O4. The number of aromatic nitrogens is 2. The number of hydrogen-bond acceptors (Lipinski definition) is 6. The highest BCUT2D eigenvalue weighted by molar-refractivity contribution is 5.96. The molecule has 134 valence electrons. The molecule has 0 amide bonds. The first-order valence-electron chi connectivity index (χ1n) is 7.90. The molecule has 0 N–H and O–H groups in total.